The Balaban J connectivity index is 1.09. The molecular weight excluding hydrogens is 695 g/mol. The van der Waals surface area contributed by atoms with Crippen LogP contribution in [0.4, 0.5) is 17.1 Å². The Morgan fingerprint density at radius 3 is 1.96 bits per heavy atom. The number of nitrogens with zero attached hydrogens (tertiary/aromatic N) is 3. The molecule has 4 aromatic heterocycles. The van der Waals surface area contributed by atoms with Gasteiger partial charge >= 0.3 is 0 Å². The largest absolute Gasteiger partial charge is 0.456 e. The smallest absolute Gasteiger partial charge is 0.227 e. The van der Waals surface area contributed by atoms with Gasteiger partial charge in [0, 0.05) is 76.1 Å². The highest BCUT2D eigenvalue weighted by atomic mass is 32.1. The molecule has 12 aromatic rings. The molecule has 0 bridgehead atoms. The van der Waals surface area contributed by atoms with Crippen LogP contribution in [-0.4, -0.2) is 9.55 Å². The summed E-state index contributed by atoms with van der Waals surface area (Å²) >= 11 is 1.83. The summed E-state index contributed by atoms with van der Waals surface area (Å²) in [5.41, 5.74) is 10.6. The number of hydrogen-bond acceptors (Lipinski definition) is 5. The van der Waals surface area contributed by atoms with Crippen molar-refractivity contribution in [3.05, 3.63) is 176 Å². The molecule has 8 aromatic carbocycles. The lowest BCUT2D eigenvalue weighted by atomic mass is 10.1. The van der Waals surface area contributed by atoms with Gasteiger partial charge in [0.1, 0.15) is 16.7 Å². The maximum atomic E-state index is 6.47. The van der Waals surface area contributed by atoms with E-state index in [1.54, 1.807) is 0 Å². The first kappa shape index (κ1) is 30.3. The molecule has 0 atom stereocenters. The number of fused-ring (bicyclic) bond motifs is 10. The summed E-state index contributed by atoms with van der Waals surface area (Å²) in [6, 6.07) is 62.2. The van der Waals surface area contributed by atoms with Gasteiger partial charge in [-0.15, -0.1) is 11.3 Å². The minimum atomic E-state index is 0.596. The molecule has 0 unspecified atom stereocenters. The third-order valence-electron chi connectivity index (χ3n) is 10.8. The second-order valence-corrected chi connectivity index (χ2v) is 15.1. The Morgan fingerprint density at radius 1 is 0.436 bits per heavy atom. The number of thiophene rings is 1. The molecule has 0 saturated heterocycles. The van der Waals surface area contributed by atoms with E-state index in [0.29, 0.717) is 5.89 Å². The van der Waals surface area contributed by atoms with E-state index in [1.807, 2.05) is 47.7 Å². The zero-order valence-electron chi connectivity index (χ0n) is 29.3. The molecule has 55 heavy (non-hydrogen) atoms. The van der Waals surface area contributed by atoms with E-state index >= 15 is 0 Å². The van der Waals surface area contributed by atoms with Crippen LogP contribution in [0.25, 0.3) is 92.2 Å². The van der Waals surface area contributed by atoms with Gasteiger partial charge in [-0.25, -0.2) is 4.98 Å². The summed E-state index contributed by atoms with van der Waals surface area (Å²) in [6.07, 6.45) is 0. The molecular formula is C49H29N3O2S. The molecule has 0 aliphatic rings. The molecule has 6 heteroatoms. The van der Waals surface area contributed by atoms with Gasteiger partial charge in [0.15, 0.2) is 5.58 Å². The molecule has 0 saturated carbocycles. The summed E-state index contributed by atoms with van der Waals surface area (Å²) in [7, 11) is 0. The lowest BCUT2D eigenvalue weighted by Crippen LogP contribution is -2.10. The van der Waals surface area contributed by atoms with E-state index < -0.39 is 0 Å². The number of rotatable bonds is 5. The van der Waals surface area contributed by atoms with E-state index in [-0.39, 0.29) is 0 Å². The zero-order chi connectivity index (χ0) is 36.0. The van der Waals surface area contributed by atoms with Crippen LogP contribution in [0.1, 0.15) is 0 Å². The Bertz CT molecular complexity index is 3450. The first-order valence-electron chi connectivity index (χ1n) is 18.4. The Hall–Kier alpha value is -7.15. The zero-order valence-corrected chi connectivity index (χ0v) is 30.1. The standard InChI is InChI=1S/C49H29N3O2S/c1-3-11-30(12-4-1)49-50-41-29-45-39(28-46(41)54-49)38-25-32(20-23-44(38)53-45)51(33-21-24-48-40(26-33)37-16-8-10-18-47(37)55-48)34-19-22-36-35-15-7-9-17-42(35)52(43(36)27-34)31-13-5-2-6-14-31/h1-29H. The second kappa shape index (κ2) is 11.7. The molecule has 0 aliphatic carbocycles. The van der Waals surface area contributed by atoms with Crippen LogP contribution < -0.4 is 4.90 Å². The average molecular weight is 724 g/mol. The number of furan rings is 1. The van der Waals surface area contributed by atoms with Crippen LogP contribution in [0.2, 0.25) is 0 Å². The third kappa shape index (κ3) is 4.68. The van der Waals surface area contributed by atoms with Crippen molar-refractivity contribution >= 4 is 103 Å². The number of anilines is 3. The molecule has 0 radical (unpaired) electrons. The fraction of sp³-hybridized carbons (Fsp3) is 0. The molecule has 5 nitrogen and oxygen atoms in total. The highest BCUT2D eigenvalue weighted by Crippen LogP contribution is 2.44. The Morgan fingerprint density at radius 2 is 1.09 bits per heavy atom. The second-order valence-electron chi connectivity index (χ2n) is 14.0. The van der Waals surface area contributed by atoms with E-state index in [2.05, 4.69) is 149 Å². The summed E-state index contributed by atoms with van der Waals surface area (Å²) in [5, 5.41) is 6.96. The first-order chi connectivity index (χ1) is 27.2. The van der Waals surface area contributed by atoms with E-state index in [9.17, 15) is 0 Å². The number of benzene rings is 8. The lowest BCUT2D eigenvalue weighted by molar-refractivity contribution is 0.620. The van der Waals surface area contributed by atoms with Crippen LogP contribution in [0.5, 0.6) is 0 Å². The van der Waals surface area contributed by atoms with Gasteiger partial charge in [-0.05, 0) is 91.0 Å². The topological polar surface area (TPSA) is 47.3 Å². The fourth-order valence-corrected chi connectivity index (χ4v) is 9.37. The van der Waals surface area contributed by atoms with Gasteiger partial charge in [-0.3, -0.25) is 0 Å². The van der Waals surface area contributed by atoms with Gasteiger partial charge in [0.05, 0.1) is 11.0 Å². The van der Waals surface area contributed by atoms with Crippen LogP contribution in [0, 0.1) is 0 Å². The van der Waals surface area contributed by atoms with Crippen LogP contribution in [0.3, 0.4) is 0 Å². The van der Waals surface area contributed by atoms with Crippen LogP contribution >= 0.6 is 11.3 Å². The normalized spacial score (nSPS) is 12.0. The molecule has 0 spiro atoms. The molecule has 12 rings (SSSR count). The quantitative estimate of drug-likeness (QED) is 0.177. The number of oxazole rings is 1. The summed E-state index contributed by atoms with van der Waals surface area (Å²) in [5.74, 6) is 0.596. The van der Waals surface area contributed by atoms with Gasteiger partial charge in [-0.1, -0.05) is 78.9 Å². The van der Waals surface area contributed by atoms with Gasteiger partial charge in [0.25, 0.3) is 0 Å². The molecule has 0 aliphatic heterocycles. The Kier molecular flexibility index (Phi) is 6.44. The van der Waals surface area contributed by atoms with Crippen molar-refractivity contribution in [2.45, 2.75) is 0 Å². The van der Waals surface area contributed by atoms with Gasteiger partial charge in [-0.2, -0.15) is 0 Å². The van der Waals surface area contributed by atoms with Crippen molar-refractivity contribution in [2.75, 3.05) is 4.90 Å². The SMILES string of the molecule is c1ccc(-c2nc3cc4oc5ccc(N(c6ccc7sc8ccccc8c7c6)c6ccc7c8ccccc8n(-c8ccccc8)c7c6)cc5c4cc3o2)cc1. The lowest BCUT2D eigenvalue weighted by Gasteiger charge is -2.26. The summed E-state index contributed by atoms with van der Waals surface area (Å²) in [6.45, 7) is 0. The van der Waals surface area contributed by atoms with E-state index in [4.69, 9.17) is 13.8 Å². The van der Waals surface area contributed by atoms with Crippen LogP contribution in [-0.2, 0) is 0 Å². The predicted molar refractivity (Wildman–Crippen MR) is 229 cm³/mol. The fourth-order valence-electron chi connectivity index (χ4n) is 8.28. The monoisotopic (exact) mass is 723 g/mol. The molecule has 4 heterocycles. The summed E-state index contributed by atoms with van der Waals surface area (Å²) < 4.78 is 17.7. The van der Waals surface area contributed by atoms with Crippen molar-refractivity contribution in [3.8, 4) is 17.1 Å². The number of aromatic nitrogens is 2. The molecule has 0 N–H and O–H groups in total. The minimum Gasteiger partial charge on any atom is -0.456 e. The van der Waals surface area contributed by atoms with Gasteiger partial charge in [0.2, 0.25) is 5.89 Å². The van der Waals surface area contributed by atoms with Crippen molar-refractivity contribution in [1.29, 1.82) is 0 Å². The maximum Gasteiger partial charge on any atom is 0.227 e. The highest BCUT2D eigenvalue weighted by Gasteiger charge is 2.21. The van der Waals surface area contributed by atoms with Crippen molar-refractivity contribution in [1.82, 2.24) is 9.55 Å². The van der Waals surface area contributed by atoms with Crippen LogP contribution in [0.15, 0.2) is 185 Å². The number of para-hydroxylation sites is 2. The van der Waals surface area contributed by atoms with E-state index in [0.717, 1.165) is 66.9 Å². The molecule has 0 fully saturated rings. The summed E-state index contributed by atoms with van der Waals surface area (Å²) in [4.78, 5) is 7.18. The number of hydrogen-bond donors (Lipinski definition) is 0. The molecule has 258 valence electrons. The predicted octanol–water partition coefficient (Wildman–Crippen LogP) is 14.3. The van der Waals surface area contributed by atoms with Crippen molar-refractivity contribution < 1.29 is 8.83 Å². The van der Waals surface area contributed by atoms with E-state index in [1.165, 1.54) is 36.5 Å². The first-order valence-corrected chi connectivity index (χ1v) is 19.2. The average Bonchev–Trinajstić information content (AvgIpc) is 4.00. The minimum absolute atomic E-state index is 0.596. The molecule has 0 amide bonds. The van der Waals surface area contributed by atoms with Crippen molar-refractivity contribution in [2.24, 2.45) is 0 Å². The van der Waals surface area contributed by atoms with Crippen molar-refractivity contribution in [3.63, 3.8) is 0 Å². The maximum absolute atomic E-state index is 6.47. The highest BCUT2D eigenvalue weighted by molar-refractivity contribution is 7.25. The Labute approximate surface area is 318 Å². The van der Waals surface area contributed by atoms with Gasteiger partial charge < -0.3 is 18.3 Å². The third-order valence-corrected chi connectivity index (χ3v) is 11.9.